The van der Waals surface area contributed by atoms with Crippen molar-refractivity contribution in [2.75, 3.05) is 26.0 Å². The van der Waals surface area contributed by atoms with Crippen LogP contribution in [0.3, 0.4) is 0 Å². The summed E-state index contributed by atoms with van der Waals surface area (Å²) in [6.45, 7) is 5.03. The lowest BCUT2D eigenvalue weighted by atomic mass is 10.2. The highest BCUT2D eigenvalue weighted by atomic mass is 32.2. The number of aryl methyl sites for hydroxylation is 1. The zero-order valence-electron chi connectivity index (χ0n) is 14.4. The molecule has 5 nitrogen and oxygen atoms in total. The molecule has 2 unspecified atom stereocenters. The van der Waals surface area contributed by atoms with Gasteiger partial charge in [0.2, 0.25) is 11.8 Å². The lowest BCUT2D eigenvalue weighted by Gasteiger charge is -2.31. The zero-order valence-corrected chi connectivity index (χ0v) is 15.3. The number of thioether (sulfide) groups is 1. The van der Waals surface area contributed by atoms with Gasteiger partial charge >= 0.3 is 0 Å². The maximum absolute atomic E-state index is 12.7. The highest BCUT2D eigenvalue weighted by Gasteiger charge is 2.53. The number of likely N-dealkylation sites (N-methyl/N-ethyl adjacent to an activating group) is 1. The highest BCUT2D eigenvalue weighted by Crippen LogP contribution is 2.47. The molecule has 130 valence electrons. The Bertz CT molecular complexity index is 651. The summed E-state index contributed by atoms with van der Waals surface area (Å²) < 4.78 is 5.72. The summed E-state index contributed by atoms with van der Waals surface area (Å²) in [4.78, 5) is 28.2. The molecule has 0 aliphatic carbocycles. The molecule has 1 aromatic carbocycles. The first-order chi connectivity index (χ1) is 11.4. The molecule has 2 fully saturated rings. The molecule has 2 amide bonds. The van der Waals surface area contributed by atoms with Crippen LogP contribution in [0.4, 0.5) is 0 Å². The molecule has 0 radical (unpaired) electrons. The molecule has 0 N–H and O–H groups in total. The summed E-state index contributed by atoms with van der Waals surface area (Å²) >= 11 is 1.72. The van der Waals surface area contributed by atoms with Crippen molar-refractivity contribution in [1.82, 2.24) is 9.80 Å². The van der Waals surface area contributed by atoms with Crippen LogP contribution in [-0.2, 0) is 9.59 Å². The van der Waals surface area contributed by atoms with Crippen molar-refractivity contribution in [3.05, 3.63) is 29.8 Å². The molecule has 24 heavy (non-hydrogen) atoms. The maximum Gasteiger partial charge on any atom is 0.246 e. The van der Waals surface area contributed by atoms with E-state index in [4.69, 9.17) is 4.74 Å². The Kier molecular flexibility index (Phi) is 4.76. The van der Waals surface area contributed by atoms with Gasteiger partial charge in [0.25, 0.3) is 0 Å². The first-order valence-corrected chi connectivity index (χ1v) is 9.30. The molecule has 2 saturated heterocycles. The van der Waals surface area contributed by atoms with Crippen molar-refractivity contribution in [2.24, 2.45) is 0 Å². The van der Waals surface area contributed by atoms with Gasteiger partial charge in [-0.2, -0.15) is 0 Å². The summed E-state index contributed by atoms with van der Waals surface area (Å²) in [6.07, 6.45) is 1.38. The van der Waals surface area contributed by atoms with Gasteiger partial charge in [0.05, 0.1) is 11.4 Å². The SMILES string of the molecule is Cc1cccc(OCCN(C)C(=O)C2CSC3(C)CCC(=O)N23)c1. The van der Waals surface area contributed by atoms with Crippen LogP contribution in [-0.4, -0.2) is 58.5 Å². The van der Waals surface area contributed by atoms with E-state index in [9.17, 15) is 9.59 Å². The average molecular weight is 348 g/mol. The smallest absolute Gasteiger partial charge is 0.246 e. The lowest BCUT2D eigenvalue weighted by Crippen LogP contribution is -2.51. The molecule has 2 heterocycles. The number of amides is 2. The minimum atomic E-state index is -0.334. The number of carbonyl (C=O) groups excluding carboxylic acids is 2. The second kappa shape index (κ2) is 6.67. The van der Waals surface area contributed by atoms with E-state index in [-0.39, 0.29) is 22.7 Å². The molecule has 0 saturated carbocycles. The van der Waals surface area contributed by atoms with Crippen LogP contribution >= 0.6 is 11.8 Å². The number of fused-ring (bicyclic) bond motifs is 1. The van der Waals surface area contributed by atoms with Crippen molar-refractivity contribution >= 4 is 23.6 Å². The predicted octanol–water partition coefficient (Wildman–Crippen LogP) is 2.29. The Balaban J connectivity index is 1.54. The van der Waals surface area contributed by atoms with Gasteiger partial charge in [-0.1, -0.05) is 12.1 Å². The van der Waals surface area contributed by atoms with Gasteiger partial charge in [-0.25, -0.2) is 0 Å². The molecule has 2 aliphatic heterocycles. The van der Waals surface area contributed by atoms with Gasteiger partial charge in [-0.3, -0.25) is 9.59 Å². The number of rotatable bonds is 5. The van der Waals surface area contributed by atoms with Gasteiger partial charge in [0.15, 0.2) is 0 Å². The third-order valence-corrected chi connectivity index (χ3v) is 6.30. The maximum atomic E-state index is 12.7. The predicted molar refractivity (Wildman–Crippen MR) is 95.0 cm³/mol. The van der Waals surface area contributed by atoms with Crippen molar-refractivity contribution in [3.63, 3.8) is 0 Å². The Labute approximate surface area is 147 Å². The first kappa shape index (κ1) is 17.1. The van der Waals surface area contributed by atoms with Crippen LogP contribution in [0.15, 0.2) is 24.3 Å². The van der Waals surface area contributed by atoms with E-state index in [1.165, 1.54) is 0 Å². The van der Waals surface area contributed by atoms with Crippen LogP contribution in [0.2, 0.25) is 0 Å². The second-order valence-corrected chi connectivity index (χ2v) is 8.19. The summed E-state index contributed by atoms with van der Waals surface area (Å²) in [6, 6.07) is 7.53. The van der Waals surface area contributed by atoms with E-state index >= 15 is 0 Å². The molecule has 6 heteroatoms. The fourth-order valence-corrected chi connectivity index (χ4v) is 4.80. The van der Waals surface area contributed by atoms with Crippen molar-refractivity contribution in [2.45, 2.75) is 37.6 Å². The molecular formula is C18H24N2O3S. The minimum Gasteiger partial charge on any atom is -0.492 e. The van der Waals surface area contributed by atoms with E-state index < -0.39 is 0 Å². The van der Waals surface area contributed by atoms with E-state index in [0.29, 0.717) is 25.3 Å². The molecule has 1 aromatic rings. The van der Waals surface area contributed by atoms with Gasteiger partial charge in [-0.15, -0.1) is 11.8 Å². The Hall–Kier alpha value is -1.69. The highest BCUT2D eigenvalue weighted by molar-refractivity contribution is 8.01. The fourth-order valence-electron chi connectivity index (χ4n) is 3.37. The molecule has 3 rings (SSSR count). The van der Waals surface area contributed by atoms with E-state index in [1.807, 2.05) is 31.2 Å². The number of carbonyl (C=O) groups is 2. The average Bonchev–Trinajstić information content (AvgIpc) is 3.03. The molecule has 2 aliphatic rings. The quantitative estimate of drug-likeness (QED) is 0.819. The van der Waals surface area contributed by atoms with Crippen LogP contribution in [0.1, 0.15) is 25.3 Å². The number of benzene rings is 1. The lowest BCUT2D eigenvalue weighted by molar-refractivity contribution is -0.143. The number of ether oxygens (including phenoxy) is 1. The minimum absolute atomic E-state index is 0.00863. The van der Waals surface area contributed by atoms with Crippen molar-refractivity contribution < 1.29 is 14.3 Å². The summed E-state index contributed by atoms with van der Waals surface area (Å²) in [7, 11) is 1.78. The second-order valence-electron chi connectivity index (χ2n) is 6.69. The fraction of sp³-hybridized carbons (Fsp3) is 0.556. The van der Waals surface area contributed by atoms with E-state index in [1.54, 1.807) is 28.6 Å². The zero-order chi connectivity index (χ0) is 17.3. The van der Waals surface area contributed by atoms with Crippen LogP contribution in [0, 0.1) is 6.92 Å². The Morgan fingerprint density at radius 3 is 3.04 bits per heavy atom. The standard InChI is InChI=1S/C18H24N2O3S/c1-13-5-4-6-14(11-13)23-10-9-19(3)17(22)15-12-24-18(2)8-7-16(21)20(15)18/h4-6,11,15H,7-10,12H2,1-3H3. The molecule has 2 atom stereocenters. The normalized spacial score (nSPS) is 25.7. The molecular weight excluding hydrogens is 324 g/mol. The van der Waals surface area contributed by atoms with E-state index in [2.05, 4.69) is 6.92 Å². The molecule has 0 aromatic heterocycles. The van der Waals surface area contributed by atoms with Crippen LogP contribution in [0.5, 0.6) is 5.75 Å². The first-order valence-electron chi connectivity index (χ1n) is 8.31. The monoisotopic (exact) mass is 348 g/mol. The summed E-state index contributed by atoms with van der Waals surface area (Å²) in [5.41, 5.74) is 1.15. The van der Waals surface area contributed by atoms with Gasteiger partial charge < -0.3 is 14.5 Å². The van der Waals surface area contributed by atoms with E-state index in [0.717, 1.165) is 17.7 Å². The van der Waals surface area contributed by atoms with Gasteiger partial charge in [-0.05, 0) is 38.0 Å². The Morgan fingerprint density at radius 1 is 1.50 bits per heavy atom. The Morgan fingerprint density at radius 2 is 2.29 bits per heavy atom. The number of hydrogen-bond donors (Lipinski definition) is 0. The molecule has 0 spiro atoms. The molecule has 0 bridgehead atoms. The third-order valence-electron chi connectivity index (χ3n) is 4.79. The van der Waals surface area contributed by atoms with Crippen molar-refractivity contribution in [1.29, 1.82) is 0 Å². The topological polar surface area (TPSA) is 49.9 Å². The summed E-state index contributed by atoms with van der Waals surface area (Å²) in [5, 5.41) is 0. The largest absolute Gasteiger partial charge is 0.492 e. The van der Waals surface area contributed by atoms with Crippen molar-refractivity contribution in [3.8, 4) is 5.75 Å². The number of hydrogen-bond acceptors (Lipinski definition) is 4. The number of nitrogens with zero attached hydrogens (tertiary/aromatic N) is 2. The van der Waals surface area contributed by atoms with Gasteiger partial charge in [0.1, 0.15) is 18.4 Å². The summed E-state index contributed by atoms with van der Waals surface area (Å²) in [5.74, 6) is 1.61. The van der Waals surface area contributed by atoms with Gasteiger partial charge in [0, 0.05) is 19.2 Å². The van der Waals surface area contributed by atoms with Crippen LogP contribution < -0.4 is 4.74 Å². The third kappa shape index (κ3) is 3.24. The van der Waals surface area contributed by atoms with Crippen LogP contribution in [0.25, 0.3) is 0 Å².